The zero-order valence-electron chi connectivity index (χ0n) is 18.6. The zero-order valence-corrected chi connectivity index (χ0v) is 20.2. The summed E-state index contributed by atoms with van der Waals surface area (Å²) in [7, 11) is 0. The number of amides is 2. The van der Waals surface area contributed by atoms with Crippen LogP contribution in [0.3, 0.4) is 0 Å². The summed E-state index contributed by atoms with van der Waals surface area (Å²) in [4.78, 5) is 30.0. The lowest BCUT2D eigenvalue weighted by molar-refractivity contribution is -0.142. The van der Waals surface area contributed by atoms with Crippen molar-refractivity contribution >= 4 is 34.8 Å². The van der Waals surface area contributed by atoms with Gasteiger partial charge in [-0.3, -0.25) is 9.59 Å². The molecule has 1 aliphatic carbocycles. The molecule has 0 radical (unpaired) electrons. The maximum Gasteiger partial charge on any atom is 0.248 e. The van der Waals surface area contributed by atoms with Crippen molar-refractivity contribution in [3.8, 4) is 11.4 Å². The molecule has 11 heteroatoms. The molecule has 2 amide bonds. The normalized spacial score (nSPS) is 15.1. The fraction of sp³-hybridized carbons (Fsp3) is 0.435. The Morgan fingerprint density at radius 2 is 1.97 bits per heavy atom. The van der Waals surface area contributed by atoms with E-state index in [1.165, 1.54) is 27.5 Å². The highest BCUT2D eigenvalue weighted by molar-refractivity contribution is 7.10. The number of aliphatic hydroxyl groups excluding tert-OH is 1. The van der Waals surface area contributed by atoms with Gasteiger partial charge in [-0.05, 0) is 53.8 Å². The number of carbonyl (C=O) groups excluding carboxylic acids is 2. The molecule has 0 spiro atoms. The number of aliphatic hydroxyl groups is 1. The summed E-state index contributed by atoms with van der Waals surface area (Å²) in [6, 6.07) is 9.94. The number of rotatable bonds is 9. The van der Waals surface area contributed by atoms with Crippen LogP contribution in [-0.2, 0) is 16.1 Å². The Bertz CT molecular complexity index is 1080. The van der Waals surface area contributed by atoms with Crippen LogP contribution < -0.4 is 5.32 Å². The summed E-state index contributed by atoms with van der Waals surface area (Å²) in [5, 5.41) is 27.6. The van der Waals surface area contributed by atoms with Crippen molar-refractivity contribution in [3.05, 3.63) is 51.7 Å². The summed E-state index contributed by atoms with van der Waals surface area (Å²) >= 11 is 7.34. The van der Waals surface area contributed by atoms with Gasteiger partial charge in [-0.1, -0.05) is 36.9 Å². The fourth-order valence-electron chi connectivity index (χ4n) is 4.14. The van der Waals surface area contributed by atoms with Crippen molar-refractivity contribution < 1.29 is 14.7 Å². The van der Waals surface area contributed by atoms with Gasteiger partial charge < -0.3 is 15.3 Å². The average molecular weight is 503 g/mol. The Labute approximate surface area is 206 Å². The van der Waals surface area contributed by atoms with E-state index in [1.54, 1.807) is 24.3 Å². The number of benzene rings is 1. The fourth-order valence-corrected chi connectivity index (χ4v) is 5.10. The first-order valence-corrected chi connectivity index (χ1v) is 12.6. The molecule has 0 bridgehead atoms. The summed E-state index contributed by atoms with van der Waals surface area (Å²) in [6.45, 7) is -0.470. The van der Waals surface area contributed by atoms with E-state index in [0.717, 1.165) is 36.1 Å². The van der Waals surface area contributed by atoms with E-state index in [2.05, 4.69) is 20.7 Å². The number of tetrazole rings is 1. The molecule has 2 N–H and O–H groups in total. The van der Waals surface area contributed by atoms with Gasteiger partial charge in [0.25, 0.3) is 0 Å². The van der Waals surface area contributed by atoms with E-state index in [4.69, 9.17) is 11.6 Å². The van der Waals surface area contributed by atoms with E-state index in [9.17, 15) is 14.7 Å². The molecule has 34 heavy (non-hydrogen) atoms. The lowest BCUT2D eigenvalue weighted by atomic mass is 9.95. The van der Waals surface area contributed by atoms with Gasteiger partial charge in [-0.15, -0.1) is 21.5 Å². The Hall–Kier alpha value is -2.82. The second-order valence-corrected chi connectivity index (χ2v) is 9.64. The van der Waals surface area contributed by atoms with Crippen molar-refractivity contribution in [1.82, 2.24) is 30.4 Å². The summed E-state index contributed by atoms with van der Waals surface area (Å²) in [5.74, 6) is -0.251. The van der Waals surface area contributed by atoms with Crippen molar-refractivity contribution in [2.24, 2.45) is 0 Å². The third-order valence-corrected chi connectivity index (χ3v) is 6.99. The first kappa shape index (κ1) is 24.3. The minimum Gasteiger partial charge on any atom is -0.395 e. The zero-order chi connectivity index (χ0) is 23.9. The molecule has 2 heterocycles. The highest BCUT2D eigenvalue weighted by atomic mass is 35.5. The summed E-state index contributed by atoms with van der Waals surface area (Å²) in [5.41, 5.74) is 0.721. The van der Waals surface area contributed by atoms with Crippen molar-refractivity contribution in [1.29, 1.82) is 0 Å². The minimum atomic E-state index is -0.833. The van der Waals surface area contributed by atoms with Crippen LogP contribution in [0.1, 0.15) is 43.0 Å². The standard InChI is InChI=1S/C23H27ClN6O3S/c24-17-10-8-16(9-11-17)22-26-28-30(27-22)15-20(32)29(12-13-31)21(19-7-4-14-34-19)23(33)25-18-5-2-1-3-6-18/h4,7-11,14,18,21,31H,1-3,5-6,12-13,15H2,(H,25,33)/t21-/m0/s1. The van der Waals surface area contributed by atoms with Gasteiger partial charge in [0, 0.05) is 28.0 Å². The van der Waals surface area contributed by atoms with Crippen LogP contribution in [0.2, 0.25) is 5.02 Å². The molecule has 180 valence electrons. The largest absolute Gasteiger partial charge is 0.395 e. The average Bonchev–Trinajstić information content (AvgIpc) is 3.53. The van der Waals surface area contributed by atoms with Crippen LogP contribution in [0.5, 0.6) is 0 Å². The molecule has 1 aromatic carbocycles. The number of carbonyl (C=O) groups is 2. The molecule has 1 aliphatic rings. The number of halogens is 1. The van der Waals surface area contributed by atoms with Gasteiger partial charge in [-0.2, -0.15) is 4.80 Å². The SMILES string of the molecule is O=C(NC1CCCCC1)[C@H](c1cccs1)N(CCO)C(=O)Cn1nnc(-c2ccc(Cl)cc2)n1. The second kappa shape index (κ2) is 11.5. The van der Waals surface area contributed by atoms with E-state index in [1.807, 2.05) is 17.5 Å². The minimum absolute atomic E-state index is 0.0121. The molecule has 9 nitrogen and oxygen atoms in total. The quantitative estimate of drug-likeness (QED) is 0.465. The maximum absolute atomic E-state index is 13.4. The highest BCUT2D eigenvalue weighted by Crippen LogP contribution is 2.27. The Morgan fingerprint density at radius 3 is 2.65 bits per heavy atom. The molecule has 1 fully saturated rings. The van der Waals surface area contributed by atoms with Crippen molar-refractivity contribution in [2.75, 3.05) is 13.2 Å². The van der Waals surface area contributed by atoms with Crippen LogP contribution in [0, 0.1) is 0 Å². The number of nitrogens with zero attached hydrogens (tertiary/aromatic N) is 5. The van der Waals surface area contributed by atoms with Crippen molar-refractivity contribution in [3.63, 3.8) is 0 Å². The van der Waals surface area contributed by atoms with Gasteiger partial charge in [-0.25, -0.2) is 0 Å². The molecule has 0 unspecified atom stereocenters. The molecule has 1 saturated carbocycles. The Kier molecular flexibility index (Phi) is 8.25. The monoisotopic (exact) mass is 502 g/mol. The molecule has 1 atom stereocenters. The van der Waals surface area contributed by atoms with Gasteiger partial charge >= 0.3 is 0 Å². The molecule has 4 rings (SSSR count). The summed E-state index contributed by atoms with van der Waals surface area (Å²) in [6.07, 6.45) is 5.23. The van der Waals surface area contributed by atoms with Crippen molar-refractivity contribution in [2.45, 2.75) is 50.7 Å². The van der Waals surface area contributed by atoms with Crippen LogP contribution in [0.4, 0.5) is 0 Å². The molecular formula is C23H27ClN6O3S. The van der Waals surface area contributed by atoms with Gasteiger partial charge in [0.05, 0.1) is 6.61 Å². The van der Waals surface area contributed by atoms with Gasteiger partial charge in [0.15, 0.2) is 0 Å². The lowest BCUT2D eigenvalue weighted by Gasteiger charge is -2.32. The predicted molar refractivity (Wildman–Crippen MR) is 129 cm³/mol. The topological polar surface area (TPSA) is 113 Å². The van der Waals surface area contributed by atoms with E-state index < -0.39 is 6.04 Å². The van der Waals surface area contributed by atoms with Crippen LogP contribution >= 0.6 is 22.9 Å². The predicted octanol–water partition coefficient (Wildman–Crippen LogP) is 3.07. The van der Waals surface area contributed by atoms with E-state index in [-0.39, 0.29) is 37.6 Å². The summed E-state index contributed by atoms with van der Waals surface area (Å²) < 4.78 is 0. The molecule has 0 saturated heterocycles. The van der Waals surface area contributed by atoms with Gasteiger partial charge in [0.2, 0.25) is 17.6 Å². The highest BCUT2D eigenvalue weighted by Gasteiger charge is 2.33. The number of thiophene rings is 1. The second-order valence-electron chi connectivity index (χ2n) is 8.22. The van der Waals surface area contributed by atoms with Crippen LogP contribution in [-0.4, -0.2) is 61.2 Å². The number of nitrogens with one attached hydrogen (secondary N) is 1. The Morgan fingerprint density at radius 1 is 1.21 bits per heavy atom. The lowest BCUT2D eigenvalue weighted by Crippen LogP contribution is -2.48. The first-order valence-electron chi connectivity index (χ1n) is 11.3. The molecule has 3 aromatic rings. The molecule has 2 aromatic heterocycles. The van der Waals surface area contributed by atoms with Crippen LogP contribution in [0.25, 0.3) is 11.4 Å². The third-order valence-electron chi connectivity index (χ3n) is 5.82. The Balaban J connectivity index is 1.52. The van der Waals surface area contributed by atoms with E-state index >= 15 is 0 Å². The number of hydrogen-bond donors (Lipinski definition) is 2. The van der Waals surface area contributed by atoms with Crippen LogP contribution in [0.15, 0.2) is 41.8 Å². The first-order chi connectivity index (χ1) is 16.5. The number of hydrogen-bond acceptors (Lipinski definition) is 7. The van der Waals surface area contributed by atoms with Gasteiger partial charge in [0.1, 0.15) is 12.6 Å². The molecular weight excluding hydrogens is 476 g/mol. The van der Waals surface area contributed by atoms with E-state index in [0.29, 0.717) is 10.8 Å². The smallest absolute Gasteiger partial charge is 0.248 e. The maximum atomic E-state index is 13.4. The number of aromatic nitrogens is 4. The molecule has 0 aliphatic heterocycles. The third kappa shape index (κ3) is 5.99.